The molecule has 128 valence electrons. The van der Waals surface area contributed by atoms with Gasteiger partial charge in [0.2, 0.25) is 0 Å². The summed E-state index contributed by atoms with van der Waals surface area (Å²) in [4.78, 5) is 0. The zero-order valence-electron chi connectivity index (χ0n) is 13.6. The molecular formula is C18H22N2O3S. The molecule has 0 heterocycles. The molecule has 0 aliphatic carbocycles. The van der Waals surface area contributed by atoms with E-state index in [9.17, 15) is 10.2 Å². The SMILES string of the molecule is COc1ccc(CCNC(=S)NCCc2ccc(O)c(O)c2)cc1. The van der Waals surface area contributed by atoms with Crippen LogP contribution in [0.4, 0.5) is 0 Å². The van der Waals surface area contributed by atoms with E-state index >= 15 is 0 Å². The molecular weight excluding hydrogens is 324 g/mol. The van der Waals surface area contributed by atoms with Gasteiger partial charge >= 0.3 is 0 Å². The van der Waals surface area contributed by atoms with E-state index in [1.165, 1.54) is 11.6 Å². The number of hydrogen-bond acceptors (Lipinski definition) is 4. The summed E-state index contributed by atoms with van der Waals surface area (Å²) in [5.41, 5.74) is 2.14. The van der Waals surface area contributed by atoms with E-state index in [1.807, 2.05) is 24.3 Å². The minimum absolute atomic E-state index is 0.104. The molecule has 5 nitrogen and oxygen atoms in total. The molecule has 0 amide bonds. The Morgan fingerprint density at radius 1 is 0.917 bits per heavy atom. The summed E-state index contributed by atoms with van der Waals surface area (Å²) in [7, 11) is 1.65. The molecule has 2 aromatic rings. The number of phenolic OH excluding ortho intramolecular Hbond substituents is 2. The number of benzene rings is 2. The van der Waals surface area contributed by atoms with Crippen molar-refractivity contribution in [3.8, 4) is 17.2 Å². The Hall–Kier alpha value is -2.47. The van der Waals surface area contributed by atoms with Crippen molar-refractivity contribution in [2.75, 3.05) is 20.2 Å². The fraction of sp³-hybridized carbons (Fsp3) is 0.278. The maximum Gasteiger partial charge on any atom is 0.166 e. The smallest absolute Gasteiger partial charge is 0.166 e. The quantitative estimate of drug-likeness (QED) is 0.456. The third-order valence-electron chi connectivity index (χ3n) is 3.60. The van der Waals surface area contributed by atoms with Gasteiger partial charge < -0.3 is 25.6 Å². The standard InChI is InChI=1S/C18H22N2O3S/c1-23-15-5-2-13(3-6-15)8-10-19-18(24)20-11-9-14-4-7-16(21)17(22)12-14/h2-7,12,21-22H,8-11H2,1H3,(H2,19,20,24). The van der Waals surface area contributed by atoms with Crippen LogP contribution in [-0.4, -0.2) is 35.5 Å². The summed E-state index contributed by atoms with van der Waals surface area (Å²) in [6.45, 7) is 1.40. The van der Waals surface area contributed by atoms with Crippen LogP contribution < -0.4 is 15.4 Å². The highest BCUT2D eigenvalue weighted by atomic mass is 32.1. The van der Waals surface area contributed by atoms with Gasteiger partial charge in [-0.15, -0.1) is 0 Å². The lowest BCUT2D eigenvalue weighted by Gasteiger charge is -2.11. The van der Waals surface area contributed by atoms with Crippen molar-refractivity contribution >= 4 is 17.3 Å². The first kappa shape index (κ1) is 17.9. The van der Waals surface area contributed by atoms with Crippen molar-refractivity contribution in [1.82, 2.24) is 10.6 Å². The minimum atomic E-state index is -0.109. The first-order valence-corrected chi connectivity index (χ1v) is 8.15. The van der Waals surface area contributed by atoms with Gasteiger partial charge in [0, 0.05) is 13.1 Å². The molecule has 0 aliphatic rings. The predicted molar refractivity (Wildman–Crippen MR) is 98.8 cm³/mol. The summed E-state index contributed by atoms with van der Waals surface area (Å²) in [5.74, 6) is 0.638. The van der Waals surface area contributed by atoms with Crippen LogP contribution in [0.3, 0.4) is 0 Å². The molecule has 4 N–H and O–H groups in total. The molecule has 0 aliphatic heterocycles. The van der Waals surface area contributed by atoms with E-state index in [2.05, 4.69) is 10.6 Å². The molecule has 2 aromatic carbocycles. The largest absolute Gasteiger partial charge is 0.504 e. The van der Waals surface area contributed by atoms with Gasteiger partial charge in [0.15, 0.2) is 16.6 Å². The molecule has 0 atom stereocenters. The van der Waals surface area contributed by atoms with Crippen LogP contribution in [0.25, 0.3) is 0 Å². The van der Waals surface area contributed by atoms with Crippen LogP contribution in [0.1, 0.15) is 11.1 Å². The fourth-order valence-corrected chi connectivity index (χ4v) is 2.42. The van der Waals surface area contributed by atoms with Crippen LogP contribution in [-0.2, 0) is 12.8 Å². The van der Waals surface area contributed by atoms with Crippen molar-refractivity contribution in [2.45, 2.75) is 12.8 Å². The maximum absolute atomic E-state index is 9.45. The highest BCUT2D eigenvalue weighted by Crippen LogP contribution is 2.24. The average molecular weight is 346 g/mol. The normalized spacial score (nSPS) is 10.2. The van der Waals surface area contributed by atoms with Crippen molar-refractivity contribution in [2.24, 2.45) is 0 Å². The molecule has 0 bridgehead atoms. The maximum atomic E-state index is 9.45. The molecule has 0 fully saturated rings. The Morgan fingerprint density at radius 2 is 1.50 bits per heavy atom. The third-order valence-corrected chi connectivity index (χ3v) is 3.89. The summed E-state index contributed by atoms with van der Waals surface area (Å²) >= 11 is 5.24. The molecule has 6 heteroatoms. The van der Waals surface area contributed by atoms with Crippen LogP contribution >= 0.6 is 12.2 Å². The number of hydrogen-bond donors (Lipinski definition) is 4. The van der Waals surface area contributed by atoms with Gasteiger partial charge in [-0.05, 0) is 60.5 Å². The first-order chi connectivity index (χ1) is 11.6. The Bertz CT molecular complexity index is 674. The fourth-order valence-electron chi connectivity index (χ4n) is 2.22. The topological polar surface area (TPSA) is 73.8 Å². The summed E-state index contributed by atoms with van der Waals surface area (Å²) in [6, 6.07) is 12.8. The molecule has 24 heavy (non-hydrogen) atoms. The van der Waals surface area contributed by atoms with Gasteiger partial charge in [0.05, 0.1) is 7.11 Å². The van der Waals surface area contributed by atoms with Crippen LogP contribution in [0.15, 0.2) is 42.5 Å². The Morgan fingerprint density at radius 3 is 2.08 bits per heavy atom. The number of aromatic hydroxyl groups is 2. The summed E-state index contributed by atoms with van der Waals surface area (Å²) in [6.07, 6.45) is 1.58. The van der Waals surface area contributed by atoms with Gasteiger partial charge in [-0.3, -0.25) is 0 Å². The Kier molecular flexibility index (Phi) is 6.69. The zero-order chi connectivity index (χ0) is 17.4. The predicted octanol–water partition coefficient (Wildman–Crippen LogP) is 2.36. The highest BCUT2D eigenvalue weighted by Gasteiger charge is 2.01. The molecule has 0 unspecified atom stereocenters. The second-order valence-electron chi connectivity index (χ2n) is 5.35. The van der Waals surface area contributed by atoms with E-state index in [0.717, 1.165) is 24.3 Å². The van der Waals surface area contributed by atoms with Crippen molar-refractivity contribution in [1.29, 1.82) is 0 Å². The van der Waals surface area contributed by atoms with E-state index in [4.69, 9.17) is 17.0 Å². The van der Waals surface area contributed by atoms with E-state index in [1.54, 1.807) is 19.2 Å². The van der Waals surface area contributed by atoms with Gasteiger partial charge in [0.25, 0.3) is 0 Å². The number of ether oxygens (including phenoxy) is 1. The van der Waals surface area contributed by atoms with E-state index in [0.29, 0.717) is 18.1 Å². The number of nitrogens with one attached hydrogen (secondary N) is 2. The second-order valence-corrected chi connectivity index (χ2v) is 5.76. The second kappa shape index (κ2) is 8.98. The van der Waals surface area contributed by atoms with Crippen LogP contribution in [0.5, 0.6) is 17.2 Å². The van der Waals surface area contributed by atoms with Gasteiger partial charge in [-0.2, -0.15) is 0 Å². The number of thiocarbonyl (C=S) groups is 1. The lowest BCUT2D eigenvalue weighted by atomic mass is 10.1. The Labute approximate surface area is 147 Å². The number of phenols is 2. The van der Waals surface area contributed by atoms with E-state index in [-0.39, 0.29) is 11.5 Å². The van der Waals surface area contributed by atoms with Crippen molar-refractivity contribution < 1.29 is 14.9 Å². The summed E-state index contributed by atoms with van der Waals surface area (Å²) < 4.78 is 5.13. The van der Waals surface area contributed by atoms with Crippen molar-refractivity contribution in [3.63, 3.8) is 0 Å². The van der Waals surface area contributed by atoms with Gasteiger partial charge in [0.1, 0.15) is 5.75 Å². The van der Waals surface area contributed by atoms with Crippen LogP contribution in [0.2, 0.25) is 0 Å². The molecule has 0 saturated carbocycles. The van der Waals surface area contributed by atoms with Gasteiger partial charge in [-0.1, -0.05) is 18.2 Å². The lowest BCUT2D eigenvalue weighted by Crippen LogP contribution is -2.37. The van der Waals surface area contributed by atoms with Crippen LogP contribution in [0, 0.1) is 0 Å². The first-order valence-electron chi connectivity index (χ1n) is 7.74. The molecule has 0 saturated heterocycles. The number of rotatable bonds is 7. The van der Waals surface area contributed by atoms with E-state index < -0.39 is 0 Å². The van der Waals surface area contributed by atoms with Gasteiger partial charge in [-0.25, -0.2) is 0 Å². The third kappa shape index (κ3) is 5.62. The molecule has 0 spiro atoms. The highest BCUT2D eigenvalue weighted by molar-refractivity contribution is 7.80. The molecule has 0 radical (unpaired) electrons. The Balaban J connectivity index is 1.64. The monoisotopic (exact) mass is 346 g/mol. The molecule has 0 aromatic heterocycles. The average Bonchev–Trinajstić information content (AvgIpc) is 2.59. The zero-order valence-corrected chi connectivity index (χ0v) is 14.4. The minimum Gasteiger partial charge on any atom is -0.504 e. The summed E-state index contributed by atoms with van der Waals surface area (Å²) in [5, 5.41) is 25.6. The molecule has 2 rings (SSSR count). The van der Waals surface area contributed by atoms with Crippen molar-refractivity contribution in [3.05, 3.63) is 53.6 Å². The number of methoxy groups -OCH3 is 1. The lowest BCUT2D eigenvalue weighted by molar-refractivity contribution is 0.403.